The highest BCUT2D eigenvalue weighted by molar-refractivity contribution is 4.71. The zero-order valence-electron chi connectivity index (χ0n) is 10.6. The maximum atomic E-state index is 5.56. The highest BCUT2D eigenvalue weighted by Gasteiger charge is 2.18. The molecule has 0 spiro atoms. The molecular formula is C12H28N2. The van der Waals surface area contributed by atoms with Crippen LogP contribution in [-0.2, 0) is 0 Å². The van der Waals surface area contributed by atoms with Crippen LogP contribution in [0.2, 0.25) is 0 Å². The topological polar surface area (TPSA) is 38.0 Å². The number of hydrogen-bond donors (Lipinski definition) is 2. The molecule has 0 fully saturated rings. The summed E-state index contributed by atoms with van der Waals surface area (Å²) < 4.78 is 0. The van der Waals surface area contributed by atoms with Gasteiger partial charge in [-0.3, -0.25) is 0 Å². The molecule has 0 saturated carbocycles. The van der Waals surface area contributed by atoms with Crippen molar-refractivity contribution in [1.29, 1.82) is 0 Å². The van der Waals surface area contributed by atoms with Crippen LogP contribution < -0.4 is 11.1 Å². The summed E-state index contributed by atoms with van der Waals surface area (Å²) in [7, 11) is 0. The Morgan fingerprint density at radius 3 is 2.21 bits per heavy atom. The van der Waals surface area contributed by atoms with Crippen LogP contribution in [0.4, 0.5) is 0 Å². The van der Waals surface area contributed by atoms with Crippen LogP contribution in [-0.4, -0.2) is 19.6 Å². The lowest BCUT2D eigenvalue weighted by Gasteiger charge is -2.27. The van der Waals surface area contributed by atoms with E-state index in [-0.39, 0.29) is 0 Å². The Morgan fingerprint density at radius 1 is 1.21 bits per heavy atom. The Hall–Kier alpha value is -0.0800. The maximum absolute atomic E-state index is 5.56. The van der Waals surface area contributed by atoms with Crippen molar-refractivity contribution < 1.29 is 0 Å². The predicted octanol–water partition coefficient (Wildman–Crippen LogP) is 2.24. The molecule has 14 heavy (non-hydrogen) atoms. The van der Waals surface area contributed by atoms with E-state index in [1.165, 1.54) is 6.42 Å². The van der Waals surface area contributed by atoms with Gasteiger partial charge in [-0.05, 0) is 43.3 Å². The Kier molecular flexibility index (Phi) is 6.38. The first-order valence-corrected chi connectivity index (χ1v) is 5.78. The lowest BCUT2D eigenvalue weighted by molar-refractivity contribution is 0.252. The van der Waals surface area contributed by atoms with Crippen molar-refractivity contribution in [2.75, 3.05) is 19.6 Å². The maximum Gasteiger partial charge on any atom is -0.00182 e. The third-order valence-corrected chi connectivity index (χ3v) is 3.15. The van der Waals surface area contributed by atoms with Gasteiger partial charge in [0, 0.05) is 0 Å². The first kappa shape index (κ1) is 13.9. The van der Waals surface area contributed by atoms with Gasteiger partial charge in [-0.2, -0.15) is 0 Å². The monoisotopic (exact) mass is 200 g/mol. The van der Waals surface area contributed by atoms with E-state index in [4.69, 9.17) is 5.73 Å². The van der Waals surface area contributed by atoms with Crippen LogP contribution >= 0.6 is 0 Å². The van der Waals surface area contributed by atoms with Gasteiger partial charge in [0.25, 0.3) is 0 Å². The third-order valence-electron chi connectivity index (χ3n) is 3.15. The smallest absolute Gasteiger partial charge is 0.00182 e. The molecule has 2 heteroatoms. The van der Waals surface area contributed by atoms with Crippen molar-refractivity contribution in [2.45, 2.75) is 41.0 Å². The van der Waals surface area contributed by atoms with Gasteiger partial charge in [0.1, 0.15) is 0 Å². The fourth-order valence-corrected chi connectivity index (χ4v) is 1.09. The lowest BCUT2D eigenvalue weighted by Crippen LogP contribution is -2.31. The second-order valence-corrected chi connectivity index (χ2v) is 5.60. The van der Waals surface area contributed by atoms with Gasteiger partial charge in [0.05, 0.1) is 0 Å². The van der Waals surface area contributed by atoms with Crippen LogP contribution in [0.1, 0.15) is 41.0 Å². The van der Waals surface area contributed by atoms with Gasteiger partial charge < -0.3 is 11.1 Å². The summed E-state index contributed by atoms with van der Waals surface area (Å²) in [5.74, 6) is 1.36. The zero-order valence-corrected chi connectivity index (χ0v) is 10.6. The van der Waals surface area contributed by atoms with Gasteiger partial charge in [-0.15, -0.1) is 0 Å². The first-order chi connectivity index (χ1) is 6.38. The molecule has 2 nitrogen and oxygen atoms in total. The average Bonchev–Trinajstić information content (AvgIpc) is 2.09. The van der Waals surface area contributed by atoms with E-state index >= 15 is 0 Å². The molecule has 86 valence electrons. The van der Waals surface area contributed by atoms with Crippen molar-refractivity contribution in [3.05, 3.63) is 0 Å². The Morgan fingerprint density at radius 2 is 1.79 bits per heavy atom. The van der Waals surface area contributed by atoms with Crippen LogP contribution in [0.15, 0.2) is 0 Å². The van der Waals surface area contributed by atoms with Crippen LogP contribution in [0.25, 0.3) is 0 Å². The standard InChI is InChI=1S/C12H28N2/c1-10(8-13)6-7-14-9-11(2)12(3,4)5/h10-11,14H,6-9,13H2,1-5H3. The van der Waals surface area contributed by atoms with Gasteiger partial charge in [-0.25, -0.2) is 0 Å². The van der Waals surface area contributed by atoms with Crippen LogP contribution in [0.3, 0.4) is 0 Å². The summed E-state index contributed by atoms with van der Waals surface area (Å²) in [4.78, 5) is 0. The van der Waals surface area contributed by atoms with Gasteiger partial charge >= 0.3 is 0 Å². The predicted molar refractivity (Wildman–Crippen MR) is 64.3 cm³/mol. The largest absolute Gasteiger partial charge is 0.330 e. The highest BCUT2D eigenvalue weighted by Crippen LogP contribution is 2.24. The summed E-state index contributed by atoms with van der Waals surface area (Å²) in [5.41, 5.74) is 5.96. The molecule has 0 aliphatic heterocycles. The number of hydrogen-bond acceptors (Lipinski definition) is 2. The lowest BCUT2D eigenvalue weighted by atomic mass is 9.82. The first-order valence-electron chi connectivity index (χ1n) is 5.78. The molecule has 2 unspecified atom stereocenters. The minimum atomic E-state index is 0.409. The molecule has 0 aromatic heterocycles. The van der Waals surface area contributed by atoms with Gasteiger partial charge in [0.2, 0.25) is 0 Å². The minimum Gasteiger partial charge on any atom is -0.330 e. The molecule has 3 N–H and O–H groups in total. The number of nitrogens with one attached hydrogen (secondary N) is 1. The zero-order chi connectivity index (χ0) is 11.2. The van der Waals surface area contributed by atoms with Crippen LogP contribution in [0.5, 0.6) is 0 Å². The number of rotatable bonds is 6. The Balaban J connectivity index is 3.46. The van der Waals surface area contributed by atoms with Crippen LogP contribution in [0, 0.1) is 17.3 Å². The van der Waals surface area contributed by atoms with E-state index in [1.54, 1.807) is 0 Å². The van der Waals surface area contributed by atoms with Crippen molar-refractivity contribution in [2.24, 2.45) is 23.0 Å². The molecule has 0 amide bonds. The Bertz CT molecular complexity index is 138. The average molecular weight is 200 g/mol. The Labute approximate surface area is 89.6 Å². The molecule has 2 atom stereocenters. The summed E-state index contributed by atoms with van der Waals surface area (Å²) in [6.45, 7) is 14.4. The molecule has 0 radical (unpaired) electrons. The van der Waals surface area contributed by atoms with Crippen molar-refractivity contribution in [3.8, 4) is 0 Å². The highest BCUT2D eigenvalue weighted by atomic mass is 14.9. The molecule has 0 aromatic rings. The summed E-state index contributed by atoms with van der Waals surface area (Å²) in [6, 6.07) is 0. The number of nitrogens with two attached hydrogens (primary N) is 1. The van der Waals surface area contributed by atoms with E-state index in [0.717, 1.165) is 25.6 Å². The molecule has 0 aliphatic carbocycles. The molecule has 0 rings (SSSR count). The fourth-order valence-electron chi connectivity index (χ4n) is 1.09. The summed E-state index contributed by atoms with van der Waals surface area (Å²) >= 11 is 0. The third kappa shape index (κ3) is 6.39. The summed E-state index contributed by atoms with van der Waals surface area (Å²) in [5, 5.41) is 3.50. The molecule has 0 heterocycles. The van der Waals surface area contributed by atoms with E-state index in [0.29, 0.717) is 11.3 Å². The molecular weight excluding hydrogens is 172 g/mol. The SMILES string of the molecule is CC(CN)CCNCC(C)C(C)(C)C. The molecule has 0 bridgehead atoms. The fraction of sp³-hybridized carbons (Fsp3) is 1.00. The van der Waals surface area contributed by atoms with E-state index in [9.17, 15) is 0 Å². The van der Waals surface area contributed by atoms with Crippen molar-refractivity contribution in [1.82, 2.24) is 5.32 Å². The van der Waals surface area contributed by atoms with Crippen molar-refractivity contribution in [3.63, 3.8) is 0 Å². The van der Waals surface area contributed by atoms with Gasteiger partial charge in [-0.1, -0.05) is 34.6 Å². The quantitative estimate of drug-likeness (QED) is 0.645. The minimum absolute atomic E-state index is 0.409. The molecule has 0 aromatic carbocycles. The molecule has 0 saturated heterocycles. The van der Waals surface area contributed by atoms with E-state index in [2.05, 4.69) is 39.9 Å². The molecule has 0 aliphatic rings. The van der Waals surface area contributed by atoms with Gasteiger partial charge in [0.15, 0.2) is 0 Å². The van der Waals surface area contributed by atoms with E-state index in [1.807, 2.05) is 0 Å². The second kappa shape index (κ2) is 6.41. The van der Waals surface area contributed by atoms with E-state index < -0.39 is 0 Å². The van der Waals surface area contributed by atoms with Crippen molar-refractivity contribution >= 4 is 0 Å². The second-order valence-electron chi connectivity index (χ2n) is 5.60. The normalized spacial score (nSPS) is 16.7. The summed E-state index contributed by atoms with van der Waals surface area (Å²) in [6.07, 6.45) is 1.19.